The van der Waals surface area contributed by atoms with E-state index >= 15 is 0 Å². The second kappa shape index (κ2) is 6.59. The first-order valence-electron chi connectivity index (χ1n) is 6.27. The molecule has 1 fully saturated rings. The van der Waals surface area contributed by atoms with Crippen LogP contribution in [0.25, 0.3) is 0 Å². The average molecular weight is 253 g/mol. The Morgan fingerprint density at radius 2 is 1.82 bits per heavy atom. The average Bonchev–Trinajstić information content (AvgIpc) is 2.25. The first-order chi connectivity index (χ1) is 7.97. The molecule has 1 rings (SSSR count). The van der Waals surface area contributed by atoms with Crippen molar-refractivity contribution < 1.29 is 17.9 Å². The fourth-order valence-electron chi connectivity index (χ4n) is 2.67. The van der Waals surface area contributed by atoms with Gasteiger partial charge in [-0.25, -0.2) is 0 Å². The summed E-state index contributed by atoms with van der Waals surface area (Å²) in [7, 11) is 1.90. The van der Waals surface area contributed by atoms with E-state index in [0.717, 1.165) is 25.8 Å². The molecule has 17 heavy (non-hydrogen) atoms. The summed E-state index contributed by atoms with van der Waals surface area (Å²) in [5.41, 5.74) is 0.151. The Hall–Kier alpha value is -0.290. The van der Waals surface area contributed by atoms with Gasteiger partial charge in [0.2, 0.25) is 0 Å². The maximum atomic E-state index is 11.9. The Morgan fingerprint density at radius 1 is 1.18 bits per heavy atom. The molecule has 0 saturated heterocycles. The summed E-state index contributed by atoms with van der Waals surface area (Å²) in [6.07, 6.45) is 2.33. The van der Waals surface area contributed by atoms with Gasteiger partial charge in [0.15, 0.2) is 0 Å². The van der Waals surface area contributed by atoms with Crippen LogP contribution in [-0.2, 0) is 4.74 Å². The van der Waals surface area contributed by atoms with Crippen LogP contribution in [0.15, 0.2) is 0 Å². The molecular weight excluding hydrogens is 231 g/mol. The zero-order valence-corrected chi connectivity index (χ0v) is 10.4. The van der Waals surface area contributed by atoms with E-state index in [-0.39, 0.29) is 12.0 Å². The highest BCUT2D eigenvalue weighted by Gasteiger charge is 2.32. The number of hydrogen-bond acceptors (Lipinski definition) is 2. The quantitative estimate of drug-likeness (QED) is 0.734. The van der Waals surface area contributed by atoms with Crippen molar-refractivity contribution in [1.82, 2.24) is 5.32 Å². The smallest absolute Gasteiger partial charge is 0.372 e. The van der Waals surface area contributed by atoms with E-state index in [2.05, 4.69) is 5.32 Å². The number of halogens is 3. The molecule has 1 aliphatic carbocycles. The number of hydrogen-bond donors (Lipinski definition) is 1. The molecule has 2 nitrogen and oxygen atoms in total. The van der Waals surface area contributed by atoms with Crippen molar-refractivity contribution in [3.63, 3.8) is 0 Å². The SMILES string of the molecule is CNCC1(CCOCC(F)(F)F)CCCCC1. The molecule has 1 saturated carbocycles. The molecule has 1 N–H and O–H groups in total. The highest BCUT2D eigenvalue weighted by Crippen LogP contribution is 2.38. The molecule has 0 aromatic rings. The van der Waals surface area contributed by atoms with Crippen LogP contribution in [-0.4, -0.2) is 33.0 Å². The fraction of sp³-hybridized carbons (Fsp3) is 1.00. The summed E-state index contributed by atoms with van der Waals surface area (Å²) in [6.45, 7) is -0.0355. The van der Waals surface area contributed by atoms with Crippen LogP contribution in [0.3, 0.4) is 0 Å². The molecular formula is C12H22F3NO. The van der Waals surface area contributed by atoms with Gasteiger partial charge in [-0.15, -0.1) is 0 Å². The summed E-state index contributed by atoms with van der Waals surface area (Å²) >= 11 is 0. The summed E-state index contributed by atoms with van der Waals surface area (Å²) in [5, 5.41) is 3.16. The topological polar surface area (TPSA) is 21.3 Å². The molecule has 1 aliphatic rings. The lowest BCUT2D eigenvalue weighted by Gasteiger charge is -2.37. The lowest BCUT2D eigenvalue weighted by Crippen LogP contribution is -2.36. The Balaban J connectivity index is 2.29. The van der Waals surface area contributed by atoms with E-state index in [0.29, 0.717) is 0 Å². The predicted molar refractivity (Wildman–Crippen MR) is 60.9 cm³/mol. The minimum absolute atomic E-state index is 0.151. The molecule has 0 heterocycles. The summed E-state index contributed by atoms with van der Waals surface area (Å²) < 4.78 is 40.5. The van der Waals surface area contributed by atoms with Crippen LogP contribution in [0, 0.1) is 5.41 Å². The predicted octanol–water partition coefficient (Wildman–Crippen LogP) is 3.13. The van der Waals surface area contributed by atoms with Crippen LogP contribution in [0.5, 0.6) is 0 Å². The van der Waals surface area contributed by atoms with Crippen LogP contribution in [0.1, 0.15) is 38.5 Å². The van der Waals surface area contributed by atoms with Gasteiger partial charge in [0.1, 0.15) is 6.61 Å². The van der Waals surface area contributed by atoms with Gasteiger partial charge in [-0.1, -0.05) is 19.3 Å². The van der Waals surface area contributed by atoms with Crippen molar-refractivity contribution >= 4 is 0 Å². The largest absolute Gasteiger partial charge is 0.411 e. The lowest BCUT2D eigenvalue weighted by molar-refractivity contribution is -0.175. The number of ether oxygens (including phenoxy) is 1. The van der Waals surface area contributed by atoms with Gasteiger partial charge in [-0.3, -0.25) is 0 Å². The van der Waals surface area contributed by atoms with Crippen molar-refractivity contribution in [3.8, 4) is 0 Å². The summed E-state index contributed by atoms with van der Waals surface area (Å²) in [4.78, 5) is 0. The molecule has 0 aromatic carbocycles. The van der Waals surface area contributed by atoms with E-state index in [1.54, 1.807) is 0 Å². The minimum Gasteiger partial charge on any atom is -0.372 e. The van der Waals surface area contributed by atoms with Gasteiger partial charge < -0.3 is 10.1 Å². The van der Waals surface area contributed by atoms with E-state index in [4.69, 9.17) is 4.74 Å². The second-order valence-electron chi connectivity index (χ2n) is 5.01. The molecule has 0 aliphatic heterocycles. The Labute approximate surface area is 101 Å². The molecule has 0 aromatic heterocycles. The van der Waals surface area contributed by atoms with Gasteiger partial charge in [0, 0.05) is 13.2 Å². The third kappa shape index (κ3) is 5.73. The third-order valence-corrected chi connectivity index (χ3v) is 3.51. The van der Waals surface area contributed by atoms with Crippen molar-refractivity contribution in [2.75, 3.05) is 26.8 Å². The number of nitrogens with one attached hydrogen (secondary N) is 1. The molecule has 0 unspecified atom stereocenters. The highest BCUT2D eigenvalue weighted by molar-refractivity contribution is 4.84. The maximum Gasteiger partial charge on any atom is 0.411 e. The number of rotatable bonds is 6. The fourth-order valence-corrected chi connectivity index (χ4v) is 2.67. The molecule has 102 valence electrons. The Kier molecular flexibility index (Phi) is 5.73. The molecule has 0 radical (unpaired) electrons. The van der Waals surface area contributed by atoms with Gasteiger partial charge in [0.25, 0.3) is 0 Å². The van der Waals surface area contributed by atoms with Crippen LogP contribution in [0.4, 0.5) is 13.2 Å². The monoisotopic (exact) mass is 253 g/mol. The zero-order valence-electron chi connectivity index (χ0n) is 10.4. The standard InChI is InChI=1S/C12H22F3NO/c1-16-9-11(5-3-2-4-6-11)7-8-17-10-12(13,14)15/h16H,2-10H2,1H3. The molecule has 0 bridgehead atoms. The van der Waals surface area contributed by atoms with Gasteiger partial charge in [0.05, 0.1) is 0 Å². The van der Waals surface area contributed by atoms with Crippen LogP contribution >= 0.6 is 0 Å². The van der Waals surface area contributed by atoms with Crippen molar-refractivity contribution in [1.29, 1.82) is 0 Å². The van der Waals surface area contributed by atoms with E-state index < -0.39 is 12.8 Å². The zero-order chi connectivity index (χ0) is 12.8. The van der Waals surface area contributed by atoms with E-state index in [9.17, 15) is 13.2 Å². The number of alkyl halides is 3. The molecule has 0 atom stereocenters. The first kappa shape index (κ1) is 14.8. The van der Waals surface area contributed by atoms with Crippen LogP contribution in [0.2, 0.25) is 0 Å². The van der Waals surface area contributed by atoms with Gasteiger partial charge in [-0.2, -0.15) is 13.2 Å². The molecule has 5 heteroatoms. The van der Waals surface area contributed by atoms with Gasteiger partial charge >= 0.3 is 6.18 Å². The maximum absolute atomic E-state index is 11.9. The Morgan fingerprint density at radius 3 is 2.35 bits per heavy atom. The highest BCUT2D eigenvalue weighted by atomic mass is 19.4. The second-order valence-corrected chi connectivity index (χ2v) is 5.01. The molecule has 0 amide bonds. The normalized spacial score (nSPS) is 20.5. The lowest BCUT2D eigenvalue weighted by atomic mass is 9.72. The minimum atomic E-state index is -4.21. The van der Waals surface area contributed by atoms with Crippen molar-refractivity contribution in [2.24, 2.45) is 5.41 Å². The van der Waals surface area contributed by atoms with Crippen molar-refractivity contribution in [3.05, 3.63) is 0 Å². The van der Waals surface area contributed by atoms with Crippen LogP contribution < -0.4 is 5.32 Å². The Bertz CT molecular complexity index is 207. The summed E-state index contributed by atoms with van der Waals surface area (Å²) in [6, 6.07) is 0. The first-order valence-corrected chi connectivity index (χ1v) is 6.27. The summed E-state index contributed by atoms with van der Waals surface area (Å²) in [5.74, 6) is 0. The van der Waals surface area contributed by atoms with Crippen molar-refractivity contribution in [2.45, 2.75) is 44.7 Å². The third-order valence-electron chi connectivity index (χ3n) is 3.51. The van der Waals surface area contributed by atoms with Gasteiger partial charge in [-0.05, 0) is 31.7 Å². The molecule has 0 spiro atoms. The van der Waals surface area contributed by atoms with E-state index in [1.807, 2.05) is 7.05 Å². The van der Waals surface area contributed by atoms with E-state index in [1.165, 1.54) is 19.3 Å².